The number of carbonyl (C=O) groups is 3. The first kappa shape index (κ1) is 18.4. The van der Waals surface area contributed by atoms with E-state index >= 15 is 0 Å². The number of carbonyl (C=O) groups excluding carboxylic acids is 2. The van der Waals surface area contributed by atoms with Crippen LogP contribution in [0.5, 0.6) is 0 Å². The summed E-state index contributed by atoms with van der Waals surface area (Å²) in [6, 6.07) is 0. The van der Waals surface area contributed by atoms with E-state index in [2.05, 4.69) is 5.32 Å². The highest BCUT2D eigenvalue weighted by Gasteiger charge is 2.36. The minimum atomic E-state index is -1.18. The second-order valence-electron chi connectivity index (χ2n) is 5.30. The van der Waals surface area contributed by atoms with Gasteiger partial charge in [0, 0.05) is 26.4 Å². The highest BCUT2D eigenvalue weighted by atomic mass is 16.4. The Hall–Kier alpha value is -1.59. The number of nitrogens with one attached hydrogen (secondary N) is 1. The molecular formula is C14H26N2O4. The van der Waals surface area contributed by atoms with Gasteiger partial charge in [0.2, 0.25) is 11.8 Å². The van der Waals surface area contributed by atoms with Gasteiger partial charge in [-0.15, -0.1) is 0 Å². The Bertz CT molecular complexity index is 353. The molecule has 0 fully saturated rings. The molecule has 0 aromatic heterocycles. The topological polar surface area (TPSA) is 86.7 Å². The first-order chi connectivity index (χ1) is 9.23. The fourth-order valence-corrected chi connectivity index (χ4v) is 1.98. The summed E-state index contributed by atoms with van der Waals surface area (Å²) in [6.45, 7) is 7.31. The van der Waals surface area contributed by atoms with Crippen molar-refractivity contribution in [2.45, 2.75) is 58.9 Å². The van der Waals surface area contributed by atoms with Crippen LogP contribution in [0.25, 0.3) is 0 Å². The molecule has 0 saturated carbocycles. The van der Waals surface area contributed by atoms with Gasteiger partial charge in [0.1, 0.15) is 5.54 Å². The van der Waals surface area contributed by atoms with Gasteiger partial charge in [-0.3, -0.25) is 9.59 Å². The molecule has 2 N–H and O–H groups in total. The summed E-state index contributed by atoms with van der Waals surface area (Å²) in [4.78, 5) is 35.3. The van der Waals surface area contributed by atoms with E-state index in [1.54, 1.807) is 6.92 Å². The van der Waals surface area contributed by atoms with E-state index in [1.807, 2.05) is 0 Å². The van der Waals surface area contributed by atoms with E-state index in [0.717, 1.165) is 12.8 Å². The Kier molecular flexibility index (Phi) is 7.87. The smallest absolute Gasteiger partial charge is 0.329 e. The molecule has 0 aliphatic rings. The van der Waals surface area contributed by atoms with E-state index in [4.69, 9.17) is 5.11 Å². The molecule has 20 heavy (non-hydrogen) atoms. The molecule has 0 atom stereocenters. The summed E-state index contributed by atoms with van der Waals surface area (Å²) in [6.07, 6.45) is 2.69. The van der Waals surface area contributed by atoms with Crippen LogP contribution >= 0.6 is 0 Å². The summed E-state index contributed by atoms with van der Waals surface area (Å²) in [5.74, 6) is -1.20. The molecule has 0 aromatic rings. The molecule has 0 heterocycles. The van der Waals surface area contributed by atoms with Gasteiger partial charge in [0.25, 0.3) is 0 Å². The first-order valence-corrected chi connectivity index (χ1v) is 7.01. The molecule has 0 unspecified atom stereocenters. The lowest BCUT2D eigenvalue weighted by Gasteiger charge is -2.34. The number of amides is 2. The van der Waals surface area contributed by atoms with Crippen molar-refractivity contribution in [1.29, 1.82) is 0 Å². The van der Waals surface area contributed by atoms with Crippen LogP contribution < -0.4 is 5.32 Å². The van der Waals surface area contributed by atoms with Crippen molar-refractivity contribution in [2.75, 3.05) is 13.1 Å². The maximum Gasteiger partial charge on any atom is 0.329 e. The lowest BCUT2D eigenvalue weighted by Crippen LogP contribution is -2.52. The molecule has 0 aromatic carbocycles. The van der Waals surface area contributed by atoms with E-state index in [9.17, 15) is 14.4 Å². The number of aliphatic carboxylic acids is 1. The van der Waals surface area contributed by atoms with Crippen LogP contribution in [0.2, 0.25) is 0 Å². The molecule has 0 bridgehead atoms. The van der Waals surface area contributed by atoms with Gasteiger partial charge in [-0.2, -0.15) is 0 Å². The Morgan fingerprint density at radius 3 is 2.20 bits per heavy atom. The molecule has 0 rings (SSSR count). The molecule has 116 valence electrons. The quantitative estimate of drug-likeness (QED) is 0.627. The van der Waals surface area contributed by atoms with Gasteiger partial charge in [-0.1, -0.05) is 6.42 Å². The van der Waals surface area contributed by atoms with E-state index < -0.39 is 11.5 Å². The van der Waals surface area contributed by atoms with Crippen LogP contribution in [0.4, 0.5) is 0 Å². The van der Waals surface area contributed by atoms with Crippen molar-refractivity contribution >= 4 is 17.8 Å². The number of rotatable bonds is 9. The van der Waals surface area contributed by atoms with Crippen molar-refractivity contribution in [3.05, 3.63) is 0 Å². The van der Waals surface area contributed by atoms with Gasteiger partial charge >= 0.3 is 5.97 Å². The fourth-order valence-electron chi connectivity index (χ4n) is 1.98. The molecule has 0 radical (unpaired) electrons. The van der Waals surface area contributed by atoms with E-state index in [1.165, 1.54) is 25.7 Å². The summed E-state index contributed by atoms with van der Waals surface area (Å²) < 4.78 is 0. The van der Waals surface area contributed by atoms with Gasteiger partial charge in [0.05, 0.1) is 0 Å². The monoisotopic (exact) mass is 286 g/mol. The number of unbranched alkanes of at least 4 members (excludes halogenated alkanes) is 2. The molecule has 0 aliphatic heterocycles. The van der Waals surface area contributed by atoms with Crippen molar-refractivity contribution in [3.8, 4) is 0 Å². The maximum absolute atomic E-state index is 12.1. The average Bonchev–Trinajstić information content (AvgIpc) is 2.33. The Morgan fingerprint density at radius 1 is 1.15 bits per heavy atom. The Balaban J connectivity index is 4.12. The molecular weight excluding hydrogens is 260 g/mol. The Morgan fingerprint density at radius 2 is 1.75 bits per heavy atom. The number of hydrogen-bond donors (Lipinski definition) is 2. The standard InChI is InChI=1S/C14H26N2O4/c1-5-16(14(3,4)13(19)20)12(18)9-7-6-8-10-15-11(2)17/h5-10H2,1-4H3,(H,15,17)(H,19,20). The summed E-state index contributed by atoms with van der Waals surface area (Å²) in [7, 11) is 0. The zero-order chi connectivity index (χ0) is 15.8. The second kappa shape index (κ2) is 8.55. The van der Waals surface area contributed by atoms with Crippen molar-refractivity contribution < 1.29 is 19.5 Å². The number of nitrogens with zero attached hydrogens (tertiary/aromatic N) is 1. The zero-order valence-electron chi connectivity index (χ0n) is 12.9. The number of hydrogen-bond acceptors (Lipinski definition) is 3. The van der Waals surface area contributed by atoms with E-state index in [-0.39, 0.29) is 11.8 Å². The summed E-state index contributed by atoms with van der Waals surface area (Å²) >= 11 is 0. The third kappa shape index (κ3) is 6.04. The molecule has 2 amide bonds. The van der Waals surface area contributed by atoms with Gasteiger partial charge in [-0.25, -0.2) is 4.79 Å². The highest BCUT2D eigenvalue weighted by molar-refractivity contribution is 5.86. The fraction of sp³-hybridized carbons (Fsp3) is 0.786. The first-order valence-electron chi connectivity index (χ1n) is 7.01. The van der Waals surface area contributed by atoms with E-state index in [0.29, 0.717) is 25.9 Å². The van der Waals surface area contributed by atoms with Gasteiger partial charge in [-0.05, 0) is 33.6 Å². The van der Waals surface area contributed by atoms with Gasteiger partial charge < -0.3 is 15.3 Å². The lowest BCUT2D eigenvalue weighted by molar-refractivity contribution is -0.156. The summed E-state index contributed by atoms with van der Waals surface area (Å²) in [5.41, 5.74) is -1.18. The number of carboxylic acids is 1. The molecule has 0 aliphatic carbocycles. The van der Waals surface area contributed by atoms with Crippen molar-refractivity contribution in [2.24, 2.45) is 0 Å². The molecule has 0 spiro atoms. The third-order valence-corrected chi connectivity index (χ3v) is 3.26. The Labute approximate surface area is 120 Å². The molecule has 6 nitrogen and oxygen atoms in total. The zero-order valence-corrected chi connectivity index (χ0v) is 12.9. The van der Waals surface area contributed by atoms with Crippen LogP contribution in [-0.2, 0) is 14.4 Å². The predicted molar refractivity (Wildman–Crippen MR) is 76.3 cm³/mol. The summed E-state index contributed by atoms with van der Waals surface area (Å²) in [5, 5.41) is 11.8. The van der Waals surface area contributed by atoms with Crippen LogP contribution in [-0.4, -0.2) is 46.4 Å². The lowest BCUT2D eigenvalue weighted by atomic mass is 10.0. The minimum Gasteiger partial charge on any atom is -0.480 e. The van der Waals surface area contributed by atoms with Crippen molar-refractivity contribution in [3.63, 3.8) is 0 Å². The average molecular weight is 286 g/mol. The number of carboxylic acid groups (broad SMARTS) is 1. The third-order valence-electron chi connectivity index (χ3n) is 3.26. The van der Waals surface area contributed by atoms with Crippen LogP contribution in [0, 0.1) is 0 Å². The van der Waals surface area contributed by atoms with Crippen LogP contribution in [0.3, 0.4) is 0 Å². The normalized spacial score (nSPS) is 11.0. The second-order valence-corrected chi connectivity index (χ2v) is 5.30. The maximum atomic E-state index is 12.1. The largest absolute Gasteiger partial charge is 0.480 e. The number of likely N-dealkylation sites (N-methyl/N-ethyl adjacent to an activating group) is 1. The molecule has 0 saturated heterocycles. The van der Waals surface area contributed by atoms with Gasteiger partial charge in [0.15, 0.2) is 0 Å². The van der Waals surface area contributed by atoms with Crippen LogP contribution in [0.15, 0.2) is 0 Å². The SMILES string of the molecule is CCN(C(=O)CCCCCNC(C)=O)C(C)(C)C(=O)O. The predicted octanol–water partition coefficient (Wildman–Crippen LogP) is 1.39. The molecule has 6 heteroatoms. The minimum absolute atomic E-state index is 0.0542. The van der Waals surface area contributed by atoms with Crippen molar-refractivity contribution in [1.82, 2.24) is 10.2 Å². The van der Waals surface area contributed by atoms with Crippen LogP contribution in [0.1, 0.15) is 53.4 Å². The highest BCUT2D eigenvalue weighted by Crippen LogP contribution is 2.17.